The standard InChI is InChI=1S/C20H18ClN3O2S/c21-17-13-3-1-2-4-16(13)27-18(17)20(25)24-8-7-12-10-26-15-6-5-11(19(22)23)9-14(12)15/h1-6,9,12H,7-8,10H2,(H3,22,23)(H,24,25). The van der Waals surface area contributed by atoms with Gasteiger partial charge in [-0.15, -0.1) is 11.3 Å². The lowest BCUT2D eigenvalue weighted by atomic mass is 9.96. The van der Waals surface area contributed by atoms with Crippen LogP contribution in [0, 0.1) is 5.41 Å². The highest BCUT2D eigenvalue weighted by atomic mass is 35.5. The molecule has 1 aromatic heterocycles. The molecule has 0 aliphatic carbocycles. The fourth-order valence-electron chi connectivity index (χ4n) is 3.29. The second kappa shape index (κ2) is 7.21. The summed E-state index contributed by atoms with van der Waals surface area (Å²) in [6.45, 7) is 1.08. The second-order valence-corrected chi connectivity index (χ2v) is 7.89. The smallest absolute Gasteiger partial charge is 0.262 e. The quantitative estimate of drug-likeness (QED) is 0.445. The molecule has 27 heavy (non-hydrogen) atoms. The number of ether oxygens (including phenoxy) is 1. The van der Waals surface area contributed by atoms with E-state index in [9.17, 15) is 4.79 Å². The van der Waals surface area contributed by atoms with Crippen molar-refractivity contribution < 1.29 is 9.53 Å². The molecule has 0 fully saturated rings. The van der Waals surface area contributed by atoms with Crippen molar-refractivity contribution in [1.82, 2.24) is 5.32 Å². The van der Waals surface area contributed by atoms with E-state index >= 15 is 0 Å². The van der Waals surface area contributed by atoms with Crippen molar-refractivity contribution in [2.75, 3.05) is 13.2 Å². The van der Waals surface area contributed by atoms with Gasteiger partial charge in [-0.05, 0) is 30.7 Å². The zero-order valence-corrected chi connectivity index (χ0v) is 16.0. The molecule has 4 N–H and O–H groups in total. The summed E-state index contributed by atoms with van der Waals surface area (Å²) in [5, 5.41) is 12.0. The summed E-state index contributed by atoms with van der Waals surface area (Å²) < 4.78 is 6.71. The molecule has 0 saturated carbocycles. The van der Waals surface area contributed by atoms with E-state index in [1.54, 1.807) is 6.07 Å². The second-order valence-electron chi connectivity index (χ2n) is 6.46. The number of nitrogens with one attached hydrogen (secondary N) is 2. The van der Waals surface area contributed by atoms with Crippen LogP contribution < -0.4 is 15.8 Å². The summed E-state index contributed by atoms with van der Waals surface area (Å²) >= 11 is 7.77. The van der Waals surface area contributed by atoms with Gasteiger partial charge in [0.25, 0.3) is 5.91 Å². The molecule has 138 valence electrons. The molecule has 4 rings (SSSR count). The largest absolute Gasteiger partial charge is 0.493 e. The lowest BCUT2D eigenvalue weighted by molar-refractivity contribution is 0.0956. The molecule has 1 aliphatic heterocycles. The lowest BCUT2D eigenvalue weighted by Gasteiger charge is -2.10. The van der Waals surface area contributed by atoms with Crippen LogP contribution in [0.1, 0.15) is 33.1 Å². The van der Waals surface area contributed by atoms with E-state index in [4.69, 9.17) is 27.5 Å². The third kappa shape index (κ3) is 3.38. The van der Waals surface area contributed by atoms with Crippen molar-refractivity contribution in [3.8, 4) is 5.75 Å². The van der Waals surface area contributed by atoms with Gasteiger partial charge in [-0.2, -0.15) is 0 Å². The number of nitrogens with two attached hydrogens (primary N) is 1. The van der Waals surface area contributed by atoms with E-state index in [2.05, 4.69) is 5.32 Å². The summed E-state index contributed by atoms with van der Waals surface area (Å²) in [5.74, 6) is 0.871. The van der Waals surface area contributed by atoms with Gasteiger partial charge in [-0.1, -0.05) is 29.8 Å². The molecule has 7 heteroatoms. The average Bonchev–Trinajstić information content (AvgIpc) is 3.23. The average molecular weight is 400 g/mol. The summed E-state index contributed by atoms with van der Waals surface area (Å²) in [6.07, 6.45) is 0.739. The first-order valence-corrected chi connectivity index (χ1v) is 9.80. The number of hydrogen-bond acceptors (Lipinski definition) is 4. The van der Waals surface area contributed by atoms with E-state index in [0.29, 0.717) is 28.6 Å². The van der Waals surface area contributed by atoms with E-state index in [-0.39, 0.29) is 17.7 Å². The molecule has 2 aromatic carbocycles. The van der Waals surface area contributed by atoms with Crippen LogP contribution in [0.3, 0.4) is 0 Å². The van der Waals surface area contributed by atoms with E-state index in [1.807, 2.05) is 36.4 Å². The number of rotatable bonds is 5. The van der Waals surface area contributed by atoms with Crippen LogP contribution in [-0.4, -0.2) is 24.9 Å². The Kier molecular flexibility index (Phi) is 4.76. The molecular weight excluding hydrogens is 382 g/mol. The highest BCUT2D eigenvalue weighted by Gasteiger charge is 2.25. The molecule has 1 aliphatic rings. The van der Waals surface area contributed by atoms with Crippen LogP contribution in [0.4, 0.5) is 0 Å². The maximum absolute atomic E-state index is 12.5. The normalized spacial score (nSPS) is 15.4. The number of fused-ring (bicyclic) bond motifs is 2. The number of nitrogen functional groups attached to an aromatic ring is 1. The van der Waals surface area contributed by atoms with Crippen LogP contribution in [0.5, 0.6) is 5.75 Å². The summed E-state index contributed by atoms with van der Waals surface area (Å²) in [6, 6.07) is 13.3. The van der Waals surface area contributed by atoms with Gasteiger partial charge in [-0.25, -0.2) is 0 Å². The van der Waals surface area contributed by atoms with Gasteiger partial charge in [0.15, 0.2) is 0 Å². The molecule has 0 spiro atoms. The minimum absolute atomic E-state index is 0.0381. The Labute approximate surface area is 165 Å². The minimum atomic E-state index is -0.155. The van der Waals surface area contributed by atoms with Crippen molar-refractivity contribution in [3.05, 3.63) is 63.5 Å². The van der Waals surface area contributed by atoms with Crippen molar-refractivity contribution in [3.63, 3.8) is 0 Å². The van der Waals surface area contributed by atoms with Gasteiger partial charge >= 0.3 is 0 Å². The Morgan fingerprint density at radius 2 is 2.15 bits per heavy atom. The van der Waals surface area contributed by atoms with Crippen LogP contribution >= 0.6 is 22.9 Å². The van der Waals surface area contributed by atoms with E-state index < -0.39 is 0 Å². The first-order valence-electron chi connectivity index (χ1n) is 8.61. The summed E-state index contributed by atoms with van der Waals surface area (Å²) in [4.78, 5) is 13.1. The van der Waals surface area contributed by atoms with Crippen LogP contribution in [0.2, 0.25) is 5.02 Å². The molecule has 1 unspecified atom stereocenters. The van der Waals surface area contributed by atoms with Crippen molar-refractivity contribution in [2.45, 2.75) is 12.3 Å². The molecule has 1 atom stereocenters. The van der Waals surface area contributed by atoms with Crippen LogP contribution in [-0.2, 0) is 0 Å². The SMILES string of the molecule is N=C(N)c1ccc2c(c1)C(CCNC(=O)c1sc3ccccc3c1Cl)CO2. The van der Waals surface area contributed by atoms with Crippen LogP contribution in [0.25, 0.3) is 10.1 Å². The van der Waals surface area contributed by atoms with Gasteiger partial charge in [0.2, 0.25) is 0 Å². The molecule has 0 saturated heterocycles. The highest BCUT2D eigenvalue weighted by molar-refractivity contribution is 7.21. The Morgan fingerprint density at radius 1 is 1.33 bits per heavy atom. The highest BCUT2D eigenvalue weighted by Crippen LogP contribution is 2.37. The molecular formula is C20H18ClN3O2S. The van der Waals surface area contributed by atoms with Crippen molar-refractivity contribution in [1.29, 1.82) is 5.41 Å². The van der Waals surface area contributed by atoms with Crippen molar-refractivity contribution >= 4 is 44.8 Å². The Morgan fingerprint density at radius 3 is 2.93 bits per heavy atom. The topological polar surface area (TPSA) is 88.2 Å². The monoisotopic (exact) mass is 399 g/mol. The van der Waals surface area contributed by atoms with Gasteiger partial charge in [0, 0.05) is 33.7 Å². The minimum Gasteiger partial charge on any atom is -0.493 e. The van der Waals surface area contributed by atoms with E-state index in [1.165, 1.54) is 11.3 Å². The maximum Gasteiger partial charge on any atom is 0.262 e. The number of benzene rings is 2. The van der Waals surface area contributed by atoms with E-state index in [0.717, 1.165) is 27.8 Å². The Balaban J connectivity index is 1.42. The lowest BCUT2D eigenvalue weighted by Crippen LogP contribution is -2.25. The summed E-state index contributed by atoms with van der Waals surface area (Å²) in [5.41, 5.74) is 7.30. The molecule has 0 bridgehead atoms. The summed E-state index contributed by atoms with van der Waals surface area (Å²) in [7, 11) is 0. The number of carbonyl (C=O) groups excluding carboxylic acids is 1. The molecule has 5 nitrogen and oxygen atoms in total. The molecule has 0 radical (unpaired) electrons. The Bertz CT molecular complexity index is 1050. The molecule has 1 amide bonds. The van der Waals surface area contributed by atoms with Crippen molar-refractivity contribution in [2.24, 2.45) is 5.73 Å². The third-order valence-corrected chi connectivity index (χ3v) is 6.39. The number of thiophene rings is 1. The number of carbonyl (C=O) groups is 1. The van der Waals surface area contributed by atoms with Gasteiger partial charge in [-0.3, -0.25) is 10.2 Å². The number of amidine groups is 1. The Hall–Kier alpha value is -2.57. The first kappa shape index (κ1) is 17.8. The number of amides is 1. The fourth-order valence-corrected chi connectivity index (χ4v) is 4.72. The zero-order chi connectivity index (χ0) is 19.0. The maximum atomic E-state index is 12.5. The number of hydrogen-bond donors (Lipinski definition) is 3. The van der Waals surface area contributed by atoms with Gasteiger partial charge in [0.1, 0.15) is 16.5 Å². The fraction of sp³-hybridized carbons (Fsp3) is 0.200. The third-order valence-electron chi connectivity index (χ3n) is 4.72. The predicted octanol–water partition coefficient (Wildman–Crippen LogP) is 4.13. The zero-order valence-electron chi connectivity index (χ0n) is 14.4. The first-order chi connectivity index (χ1) is 13.0. The number of halogens is 1. The predicted molar refractivity (Wildman–Crippen MR) is 109 cm³/mol. The van der Waals surface area contributed by atoms with Crippen LogP contribution in [0.15, 0.2) is 42.5 Å². The van der Waals surface area contributed by atoms with Gasteiger partial charge in [0.05, 0.1) is 11.6 Å². The van der Waals surface area contributed by atoms with Gasteiger partial charge < -0.3 is 15.8 Å². The molecule has 3 aromatic rings. The molecule has 2 heterocycles.